The number of carbonyl (C=O) groups is 1. The number of halogens is 6. The first-order chi connectivity index (χ1) is 19.5. The van der Waals surface area contributed by atoms with Crippen LogP contribution in [0.25, 0.3) is 5.69 Å². The van der Waals surface area contributed by atoms with E-state index in [2.05, 4.69) is 10.3 Å². The monoisotopic (exact) mass is 665 g/mol. The van der Waals surface area contributed by atoms with Crippen molar-refractivity contribution in [2.24, 2.45) is 0 Å². The molecule has 0 saturated heterocycles. The lowest BCUT2D eigenvalue weighted by Crippen LogP contribution is -2.10. The van der Waals surface area contributed by atoms with Crippen LogP contribution in [0.2, 0.25) is 15.1 Å². The molecule has 0 radical (unpaired) electrons. The van der Waals surface area contributed by atoms with E-state index in [1.807, 2.05) is 0 Å². The van der Waals surface area contributed by atoms with Gasteiger partial charge in [0.25, 0.3) is 0 Å². The summed E-state index contributed by atoms with van der Waals surface area (Å²) in [4.78, 5) is 22.4. The van der Waals surface area contributed by atoms with Crippen molar-refractivity contribution in [1.29, 1.82) is 0 Å². The molecular formula is C24H17Cl3F3N5O6S. The predicted molar refractivity (Wildman–Crippen MR) is 146 cm³/mol. The van der Waals surface area contributed by atoms with Gasteiger partial charge in [-0.3, -0.25) is 14.9 Å². The molecule has 0 unspecified atom stereocenters. The van der Waals surface area contributed by atoms with Crippen molar-refractivity contribution >= 4 is 61.9 Å². The lowest BCUT2D eigenvalue weighted by atomic mass is 10.0. The summed E-state index contributed by atoms with van der Waals surface area (Å²) < 4.78 is 67.5. The minimum atomic E-state index is -4.63. The number of sulfone groups is 1. The fourth-order valence-electron chi connectivity index (χ4n) is 3.79. The quantitative estimate of drug-likeness (QED) is 0.137. The summed E-state index contributed by atoms with van der Waals surface area (Å²) in [7, 11) is -3.57. The van der Waals surface area contributed by atoms with Gasteiger partial charge in [-0.15, -0.1) is 0 Å². The summed E-state index contributed by atoms with van der Waals surface area (Å²) in [5.74, 6) is -0.0614. The van der Waals surface area contributed by atoms with Crippen LogP contribution in [0.3, 0.4) is 0 Å². The molecule has 2 N–H and O–H groups in total. The average molecular weight is 667 g/mol. The molecule has 42 heavy (non-hydrogen) atoms. The number of nitrogen functional groups attached to an aromatic ring is 1. The molecule has 4 aromatic rings. The molecule has 0 spiro atoms. The molecule has 222 valence electrons. The number of anilines is 1. The zero-order valence-corrected chi connectivity index (χ0v) is 24.1. The summed E-state index contributed by atoms with van der Waals surface area (Å²) in [6.07, 6.45) is 0.513. The number of hydrogen-bond donors (Lipinski definition) is 1. The van der Waals surface area contributed by atoms with Gasteiger partial charge in [-0.2, -0.15) is 18.3 Å². The van der Waals surface area contributed by atoms with Crippen LogP contribution in [0, 0.1) is 10.1 Å². The summed E-state index contributed by atoms with van der Waals surface area (Å²) in [6.45, 7) is 0. The van der Waals surface area contributed by atoms with Crippen molar-refractivity contribution < 1.29 is 35.8 Å². The number of ketones is 1. The van der Waals surface area contributed by atoms with Crippen LogP contribution < -0.4 is 5.73 Å². The normalized spacial score (nSPS) is 13.4. The number of nitrogens with zero attached hydrogens (tertiary/aromatic N) is 4. The van der Waals surface area contributed by atoms with E-state index in [1.54, 1.807) is 0 Å². The van der Waals surface area contributed by atoms with E-state index < -0.39 is 43.8 Å². The molecule has 1 aliphatic rings. The average Bonchev–Trinajstić information content (AvgIpc) is 3.48. The number of nitrogens with two attached hydrogens (primary N) is 1. The zero-order chi connectivity index (χ0) is 31.1. The van der Waals surface area contributed by atoms with Gasteiger partial charge in [0.2, 0.25) is 5.82 Å². The number of carbonyl (C=O) groups excluding carboxylic acids is 1. The highest BCUT2D eigenvalue weighted by atomic mass is 35.5. The molecular weight excluding hydrogens is 650 g/mol. The zero-order valence-electron chi connectivity index (χ0n) is 21.0. The van der Waals surface area contributed by atoms with Crippen LogP contribution >= 0.6 is 34.8 Å². The van der Waals surface area contributed by atoms with E-state index >= 15 is 0 Å². The highest BCUT2D eigenvalue weighted by Gasteiger charge is 2.34. The van der Waals surface area contributed by atoms with Gasteiger partial charge in [-0.1, -0.05) is 40.0 Å². The highest BCUT2D eigenvalue weighted by molar-refractivity contribution is 7.90. The third kappa shape index (κ3) is 6.53. The Morgan fingerprint density at radius 1 is 1.12 bits per heavy atom. The molecule has 0 amide bonds. The molecule has 2 heterocycles. The van der Waals surface area contributed by atoms with Gasteiger partial charge in [0, 0.05) is 22.8 Å². The predicted octanol–water partition coefficient (Wildman–Crippen LogP) is 6.53. The molecule has 18 heteroatoms. The summed E-state index contributed by atoms with van der Waals surface area (Å²) >= 11 is 17.4. The van der Waals surface area contributed by atoms with Gasteiger partial charge in [-0.25, -0.2) is 13.1 Å². The van der Waals surface area contributed by atoms with Crippen LogP contribution in [0.15, 0.2) is 52.1 Å². The summed E-state index contributed by atoms with van der Waals surface area (Å²) in [5, 5.41) is 17.5. The first kappa shape index (κ1) is 31.3. The maximum absolute atomic E-state index is 12.6. The van der Waals surface area contributed by atoms with E-state index in [0.29, 0.717) is 23.5 Å². The largest absolute Gasteiger partial charge is 0.416 e. The lowest BCUT2D eigenvalue weighted by molar-refractivity contribution is -0.383. The van der Waals surface area contributed by atoms with Crippen LogP contribution in [0.4, 0.5) is 24.7 Å². The van der Waals surface area contributed by atoms with Crippen molar-refractivity contribution in [3.63, 3.8) is 0 Å². The number of nitro groups is 1. The van der Waals surface area contributed by atoms with Crippen molar-refractivity contribution in [3.05, 3.63) is 90.4 Å². The van der Waals surface area contributed by atoms with Crippen molar-refractivity contribution in [2.45, 2.75) is 29.8 Å². The number of aromatic nitrogens is 3. The van der Waals surface area contributed by atoms with E-state index in [0.717, 1.165) is 30.0 Å². The topological polar surface area (TPSA) is 164 Å². The Hall–Kier alpha value is -3.66. The lowest BCUT2D eigenvalue weighted by Gasteiger charge is -2.12. The number of alkyl halides is 3. The third-order valence-corrected chi connectivity index (χ3v) is 7.87. The maximum Gasteiger partial charge on any atom is 0.416 e. The second-order valence-corrected chi connectivity index (χ2v) is 12.2. The van der Waals surface area contributed by atoms with E-state index in [-0.39, 0.29) is 37.1 Å². The maximum atomic E-state index is 12.6. The minimum absolute atomic E-state index is 0.0806. The minimum Gasteiger partial charge on any atom is -0.378 e. The van der Waals surface area contributed by atoms with Crippen molar-refractivity contribution in [1.82, 2.24) is 14.9 Å². The molecule has 1 fully saturated rings. The molecule has 2 aromatic heterocycles. The fraction of sp³-hybridized carbons (Fsp3) is 0.208. The molecule has 0 atom stereocenters. The molecule has 1 saturated carbocycles. The van der Waals surface area contributed by atoms with Gasteiger partial charge in [0.05, 0.1) is 37.2 Å². The van der Waals surface area contributed by atoms with Crippen LogP contribution in [-0.4, -0.2) is 40.3 Å². The number of benzene rings is 2. The number of rotatable bonds is 6. The van der Waals surface area contributed by atoms with Gasteiger partial charge >= 0.3 is 11.9 Å². The summed E-state index contributed by atoms with van der Waals surface area (Å²) in [6, 6.07) is 5.47. The van der Waals surface area contributed by atoms with Crippen LogP contribution in [0.1, 0.15) is 46.0 Å². The Kier molecular flexibility index (Phi) is 8.60. The molecule has 0 bridgehead atoms. The van der Waals surface area contributed by atoms with Crippen molar-refractivity contribution in [2.75, 3.05) is 12.0 Å². The van der Waals surface area contributed by atoms with Gasteiger partial charge in [-0.05, 0) is 43.2 Å². The number of hydrogen-bond acceptors (Lipinski definition) is 9. The Bertz CT molecular complexity index is 1800. The van der Waals surface area contributed by atoms with E-state index in [4.69, 9.17) is 45.1 Å². The molecule has 5 rings (SSSR count). The fourth-order valence-corrected chi connectivity index (χ4v) is 5.58. The Morgan fingerprint density at radius 3 is 2.24 bits per heavy atom. The third-order valence-electron chi connectivity index (χ3n) is 5.92. The van der Waals surface area contributed by atoms with Gasteiger partial charge in [0.1, 0.15) is 11.9 Å². The molecule has 1 aliphatic carbocycles. The van der Waals surface area contributed by atoms with E-state index in [9.17, 15) is 36.5 Å². The molecule has 11 nitrogen and oxygen atoms in total. The smallest absolute Gasteiger partial charge is 0.378 e. The first-order valence-electron chi connectivity index (χ1n) is 11.5. The Morgan fingerprint density at radius 2 is 1.74 bits per heavy atom. The van der Waals surface area contributed by atoms with Crippen LogP contribution in [0.5, 0.6) is 0 Å². The standard InChI is InChI=1S/C14H12ClNO4S.C10H5Cl2F3N4O2/c1-21(18,19)12-6-9(15)4-5-10(12)13(17)11-7-16-20-14(11)8-2-3-8;11-5-1-4(10(13,14)15)2-6(12)8(5)18-9(16)7(3-17-18)19(20)21/h4-8H,2-3H2,1H3;1-3H,16H2. The SMILES string of the molecule is CS(=O)(=O)c1cc(Cl)ccc1C(=O)c1cnoc1C1CC1.Nc1c([N+](=O)[O-])cnn1-c1c(Cl)cc(C(F)(F)F)cc1Cl. The van der Waals surface area contributed by atoms with Gasteiger partial charge in [0.15, 0.2) is 21.4 Å². The second-order valence-electron chi connectivity index (χ2n) is 8.99. The Labute approximate surface area is 250 Å². The summed E-state index contributed by atoms with van der Waals surface area (Å²) in [5.41, 5.74) is 4.20. The van der Waals surface area contributed by atoms with Crippen LogP contribution in [-0.2, 0) is 16.0 Å². The second kappa shape index (κ2) is 11.6. The Balaban J connectivity index is 0.000000193. The molecule has 2 aromatic carbocycles. The van der Waals surface area contributed by atoms with E-state index in [1.165, 1.54) is 24.4 Å². The van der Waals surface area contributed by atoms with Gasteiger partial charge < -0.3 is 10.3 Å². The highest BCUT2D eigenvalue weighted by Crippen LogP contribution is 2.42. The molecule has 0 aliphatic heterocycles. The van der Waals surface area contributed by atoms with Crippen molar-refractivity contribution in [3.8, 4) is 5.69 Å². The first-order valence-corrected chi connectivity index (χ1v) is 14.6.